The SMILES string of the molecule is Cc1c(Cc2ccc(-c3ccn(C)n3)cc2)cc(C(=O)N[C@H]2CCOC[C@@H]2O)c2nccn12. The van der Waals surface area contributed by atoms with E-state index in [1.165, 1.54) is 0 Å². The molecule has 1 aliphatic heterocycles. The molecule has 3 aromatic heterocycles. The third kappa shape index (κ3) is 4.27. The van der Waals surface area contributed by atoms with Crippen LogP contribution in [0.25, 0.3) is 16.9 Å². The van der Waals surface area contributed by atoms with Crippen molar-refractivity contribution in [1.82, 2.24) is 24.5 Å². The third-order valence-electron chi connectivity index (χ3n) is 6.27. The van der Waals surface area contributed by atoms with Gasteiger partial charge >= 0.3 is 0 Å². The summed E-state index contributed by atoms with van der Waals surface area (Å²) in [7, 11) is 1.91. The Bertz CT molecular complexity index is 1290. The number of hydrogen-bond donors (Lipinski definition) is 2. The monoisotopic (exact) mass is 445 g/mol. The molecule has 8 heteroatoms. The molecule has 170 valence electrons. The van der Waals surface area contributed by atoms with Crippen molar-refractivity contribution in [2.75, 3.05) is 13.2 Å². The third-order valence-corrected chi connectivity index (χ3v) is 6.27. The summed E-state index contributed by atoms with van der Waals surface area (Å²) in [4.78, 5) is 17.6. The summed E-state index contributed by atoms with van der Waals surface area (Å²) in [6.07, 6.45) is 6.06. The number of fused-ring (bicyclic) bond motifs is 1. The predicted molar refractivity (Wildman–Crippen MR) is 124 cm³/mol. The van der Waals surface area contributed by atoms with Crippen molar-refractivity contribution >= 4 is 11.6 Å². The average Bonchev–Trinajstić information content (AvgIpc) is 3.47. The number of pyridine rings is 1. The number of aryl methyl sites for hydroxylation is 2. The van der Waals surface area contributed by atoms with Gasteiger partial charge in [-0.1, -0.05) is 24.3 Å². The predicted octanol–water partition coefficient (Wildman–Crippen LogP) is 2.51. The highest BCUT2D eigenvalue weighted by Crippen LogP contribution is 2.23. The molecular formula is C25H27N5O3. The minimum absolute atomic E-state index is 0.233. The van der Waals surface area contributed by atoms with E-state index >= 15 is 0 Å². The van der Waals surface area contributed by atoms with Crippen LogP contribution in [-0.2, 0) is 18.2 Å². The number of ether oxygens (including phenoxy) is 1. The molecule has 2 N–H and O–H groups in total. The summed E-state index contributed by atoms with van der Waals surface area (Å²) >= 11 is 0. The van der Waals surface area contributed by atoms with Crippen LogP contribution in [0.2, 0.25) is 0 Å². The summed E-state index contributed by atoms with van der Waals surface area (Å²) in [6.45, 7) is 2.79. The number of rotatable bonds is 5. The maximum atomic E-state index is 13.2. The van der Waals surface area contributed by atoms with Gasteiger partial charge in [-0.3, -0.25) is 9.48 Å². The summed E-state index contributed by atoms with van der Waals surface area (Å²) in [5.41, 5.74) is 6.35. The van der Waals surface area contributed by atoms with Gasteiger partial charge in [0.2, 0.25) is 0 Å². The van der Waals surface area contributed by atoms with E-state index in [2.05, 4.69) is 39.7 Å². The molecule has 0 unspecified atom stereocenters. The first kappa shape index (κ1) is 21.4. The molecule has 0 aliphatic carbocycles. The zero-order chi connectivity index (χ0) is 22.9. The Labute approximate surface area is 191 Å². The van der Waals surface area contributed by atoms with Crippen LogP contribution in [0.1, 0.15) is 33.6 Å². The van der Waals surface area contributed by atoms with Crippen molar-refractivity contribution in [3.05, 3.63) is 77.4 Å². The van der Waals surface area contributed by atoms with Gasteiger partial charge in [0.1, 0.15) is 5.65 Å². The molecule has 2 atom stereocenters. The van der Waals surface area contributed by atoms with Crippen molar-refractivity contribution < 1.29 is 14.6 Å². The lowest BCUT2D eigenvalue weighted by Crippen LogP contribution is -2.48. The molecule has 1 saturated heterocycles. The summed E-state index contributed by atoms with van der Waals surface area (Å²) in [5.74, 6) is -0.233. The van der Waals surface area contributed by atoms with Gasteiger partial charge in [-0.25, -0.2) is 4.98 Å². The van der Waals surface area contributed by atoms with Gasteiger partial charge in [0.25, 0.3) is 5.91 Å². The number of hydrogen-bond acceptors (Lipinski definition) is 5. The Morgan fingerprint density at radius 3 is 2.79 bits per heavy atom. The van der Waals surface area contributed by atoms with Crippen LogP contribution in [0.15, 0.2) is 55.0 Å². The van der Waals surface area contributed by atoms with Crippen molar-refractivity contribution in [1.29, 1.82) is 0 Å². The first-order valence-corrected chi connectivity index (χ1v) is 11.1. The Morgan fingerprint density at radius 2 is 2.06 bits per heavy atom. The van der Waals surface area contributed by atoms with E-state index in [0.29, 0.717) is 30.7 Å². The van der Waals surface area contributed by atoms with Crippen molar-refractivity contribution in [3.8, 4) is 11.3 Å². The number of amides is 1. The molecule has 1 fully saturated rings. The Balaban J connectivity index is 1.42. The molecule has 8 nitrogen and oxygen atoms in total. The van der Waals surface area contributed by atoms with E-state index < -0.39 is 6.10 Å². The lowest BCUT2D eigenvalue weighted by molar-refractivity contribution is -0.0260. The Morgan fingerprint density at radius 1 is 1.24 bits per heavy atom. The quantitative estimate of drug-likeness (QED) is 0.492. The fraction of sp³-hybridized carbons (Fsp3) is 0.320. The highest BCUT2D eigenvalue weighted by atomic mass is 16.5. The van der Waals surface area contributed by atoms with Crippen LogP contribution in [0.3, 0.4) is 0 Å². The molecule has 5 rings (SSSR count). The first-order chi connectivity index (χ1) is 16.0. The second-order valence-electron chi connectivity index (χ2n) is 8.55. The van der Waals surface area contributed by atoms with Gasteiger partial charge in [-0.15, -0.1) is 0 Å². The van der Waals surface area contributed by atoms with Crippen molar-refractivity contribution in [2.45, 2.75) is 31.9 Å². The minimum atomic E-state index is -0.707. The largest absolute Gasteiger partial charge is 0.389 e. The lowest BCUT2D eigenvalue weighted by Gasteiger charge is -2.28. The zero-order valence-electron chi connectivity index (χ0n) is 18.7. The normalized spacial score (nSPS) is 18.5. The topological polar surface area (TPSA) is 93.7 Å². The molecule has 1 amide bonds. The van der Waals surface area contributed by atoms with E-state index in [-0.39, 0.29) is 18.6 Å². The highest BCUT2D eigenvalue weighted by Gasteiger charge is 2.27. The molecule has 1 aromatic carbocycles. The standard InChI is InChI=1S/C25H27N5O3/c1-16-19(13-17-3-5-18(6-4-17)21-7-10-29(2)28-21)14-20(24-26-9-11-30(16)24)25(32)27-22-8-12-33-15-23(22)31/h3-7,9-11,14,22-23,31H,8,12-13,15H2,1-2H3,(H,27,32)/t22-,23-/m0/s1. The van der Waals surface area contributed by atoms with Gasteiger partial charge in [-0.05, 0) is 43.0 Å². The van der Waals surface area contributed by atoms with E-state index in [1.807, 2.05) is 42.9 Å². The van der Waals surface area contributed by atoms with E-state index in [0.717, 1.165) is 28.1 Å². The van der Waals surface area contributed by atoms with E-state index in [9.17, 15) is 9.90 Å². The van der Waals surface area contributed by atoms with Gasteiger partial charge in [0.15, 0.2) is 0 Å². The van der Waals surface area contributed by atoms with Gasteiger partial charge in [0, 0.05) is 43.5 Å². The summed E-state index contributed by atoms with van der Waals surface area (Å²) in [6, 6.07) is 11.9. The van der Waals surface area contributed by atoms with Crippen LogP contribution >= 0.6 is 0 Å². The second kappa shape index (κ2) is 8.80. The maximum Gasteiger partial charge on any atom is 0.255 e. The zero-order valence-corrected chi connectivity index (χ0v) is 18.7. The van der Waals surface area contributed by atoms with Gasteiger partial charge in [-0.2, -0.15) is 5.10 Å². The summed E-state index contributed by atoms with van der Waals surface area (Å²) in [5, 5.41) is 17.6. The van der Waals surface area contributed by atoms with E-state index in [4.69, 9.17) is 4.74 Å². The molecule has 0 spiro atoms. The average molecular weight is 446 g/mol. The van der Waals surface area contributed by atoms with Gasteiger partial charge < -0.3 is 19.6 Å². The molecule has 33 heavy (non-hydrogen) atoms. The number of aliphatic hydroxyl groups excluding tert-OH is 1. The molecule has 0 bridgehead atoms. The maximum absolute atomic E-state index is 13.2. The number of carbonyl (C=O) groups excluding carboxylic acids is 1. The molecule has 0 radical (unpaired) electrons. The fourth-order valence-corrected chi connectivity index (χ4v) is 4.34. The second-order valence-corrected chi connectivity index (χ2v) is 8.55. The number of nitrogens with one attached hydrogen (secondary N) is 1. The minimum Gasteiger partial charge on any atom is -0.389 e. The fourth-order valence-electron chi connectivity index (χ4n) is 4.34. The Kier molecular flexibility index (Phi) is 5.70. The number of aliphatic hydroxyl groups is 1. The van der Waals surface area contributed by atoms with Crippen LogP contribution in [0, 0.1) is 6.92 Å². The smallest absolute Gasteiger partial charge is 0.255 e. The number of nitrogens with zero attached hydrogens (tertiary/aromatic N) is 4. The molecule has 1 aliphatic rings. The van der Waals surface area contributed by atoms with Crippen LogP contribution in [0.4, 0.5) is 0 Å². The van der Waals surface area contributed by atoms with Crippen LogP contribution < -0.4 is 5.32 Å². The number of carbonyl (C=O) groups is 1. The lowest BCUT2D eigenvalue weighted by atomic mass is 9.99. The van der Waals surface area contributed by atoms with Crippen LogP contribution in [-0.4, -0.2) is 55.5 Å². The van der Waals surface area contributed by atoms with E-state index in [1.54, 1.807) is 10.9 Å². The molecule has 4 aromatic rings. The molecule has 0 saturated carbocycles. The Hall–Kier alpha value is -3.49. The number of benzene rings is 1. The number of aromatic nitrogens is 4. The highest BCUT2D eigenvalue weighted by molar-refractivity contribution is 6.00. The van der Waals surface area contributed by atoms with Crippen LogP contribution in [0.5, 0.6) is 0 Å². The number of imidazole rings is 1. The molecule has 4 heterocycles. The first-order valence-electron chi connectivity index (χ1n) is 11.1. The van der Waals surface area contributed by atoms with Crippen molar-refractivity contribution in [2.24, 2.45) is 7.05 Å². The van der Waals surface area contributed by atoms with Gasteiger partial charge in [0.05, 0.1) is 30.0 Å². The summed E-state index contributed by atoms with van der Waals surface area (Å²) < 4.78 is 9.02. The molecular weight excluding hydrogens is 418 g/mol. The van der Waals surface area contributed by atoms with Crippen molar-refractivity contribution in [3.63, 3.8) is 0 Å².